The number of hydrogen-bond acceptors (Lipinski definition) is 3. The van der Waals surface area contributed by atoms with E-state index in [-0.39, 0.29) is 6.04 Å². The molecule has 2 unspecified atom stereocenters. The summed E-state index contributed by atoms with van der Waals surface area (Å²) in [6, 6.07) is 6.85. The maximum absolute atomic E-state index is 8.95. The Morgan fingerprint density at radius 1 is 1.64 bits per heavy atom. The zero-order valence-electron chi connectivity index (χ0n) is 8.90. The predicted molar refractivity (Wildman–Crippen MR) is 60.2 cm³/mol. The molecule has 76 valence electrons. The van der Waals surface area contributed by atoms with Gasteiger partial charge in [0.25, 0.3) is 0 Å². The SMILES string of the molecule is CCC(C#N)N(C)C(C)c1cccs1. The van der Waals surface area contributed by atoms with E-state index in [4.69, 9.17) is 5.26 Å². The molecule has 0 aliphatic carbocycles. The second-order valence-electron chi connectivity index (χ2n) is 3.41. The average Bonchev–Trinajstić information content (AvgIpc) is 2.71. The molecule has 3 heteroatoms. The molecule has 0 N–H and O–H groups in total. The van der Waals surface area contributed by atoms with E-state index in [2.05, 4.69) is 35.4 Å². The largest absolute Gasteiger partial charge is 0.284 e. The average molecular weight is 208 g/mol. The van der Waals surface area contributed by atoms with Crippen LogP contribution in [0.15, 0.2) is 17.5 Å². The molecule has 1 aromatic heterocycles. The molecule has 0 bridgehead atoms. The maximum atomic E-state index is 8.95. The van der Waals surface area contributed by atoms with Gasteiger partial charge in [0.15, 0.2) is 0 Å². The highest BCUT2D eigenvalue weighted by atomic mass is 32.1. The van der Waals surface area contributed by atoms with Crippen LogP contribution in [0, 0.1) is 11.3 Å². The van der Waals surface area contributed by atoms with Crippen molar-refractivity contribution in [1.82, 2.24) is 4.90 Å². The minimum atomic E-state index is 0.0205. The summed E-state index contributed by atoms with van der Waals surface area (Å²) in [5, 5.41) is 11.0. The van der Waals surface area contributed by atoms with Gasteiger partial charge in [-0.15, -0.1) is 11.3 Å². The molecule has 14 heavy (non-hydrogen) atoms. The molecule has 0 saturated carbocycles. The molecule has 1 aromatic rings. The Morgan fingerprint density at radius 3 is 2.79 bits per heavy atom. The van der Waals surface area contributed by atoms with Crippen molar-refractivity contribution in [2.24, 2.45) is 0 Å². The predicted octanol–water partition coefficient (Wildman–Crippen LogP) is 3.04. The molecule has 0 aliphatic heterocycles. The van der Waals surface area contributed by atoms with Crippen molar-refractivity contribution >= 4 is 11.3 Å². The van der Waals surface area contributed by atoms with Gasteiger partial charge in [0.05, 0.1) is 12.1 Å². The second-order valence-corrected chi connectivity index (χ2v) is 4.39. The van der Waals surface area contributed by atoms with E-state index in [0.717, 1.165) is 6.42 Å². The first-order valence-electron chi connectivity index (χ1n) is 4.85. The Labute approximate surface area is 89.8 Å². The lowest BCUT2D eigenvalue weighted by Gasteiger charge is -2.27. The standard InChI is InChI=1S/C11H16N2S/c1-4-10(8-12)13(3)9(2)11-6-5-7-14-11/h5-7,9-10H,4H2,1-3H3. The Morgan fingerprint density at radius 2 is 2.36 bits per heavy atom. The number of rotatable bonds is 4. The number of thiophene rings is 1. The van der Waals surface area contributed by atoms with Crippen LogP contribution in [0.4, 0.5) is 0 Å². The summed E-state index contributed by atoms with van der Waals surface area (Å²) < 4.78 is 0. The monoisotopic (exact) mass is 208 g/mol. The molecular weight excluding hydrogens is 192 g/mol. The van der Waals surface area contributed by atoms with Gasteiger partial charge in [-0.05, 0) is 31.8 Å². The van der Waals surface area contributed by atoms with Gasteiger partial charge in [-0.3, -0.25) is 4.90 Å². The molecule has 0 fully saturated rings. The first kappa shape index (κ1) is 11.2. The lowest BCUT2D eigenvalue weighted by molar-refractivity contribution is 0.220. The molecule has 0 amide bonds. The Balaban J connectivity index is 2.70. The van der Waals surface area contributed by atoms with Gasteiger partial charge >= 0.3 is 0 Å². The van der Waals surface area contributed by atoms with Crippen molar-refractivity contribution in [1.29, 1.82) is 5.26 Å². The Bertz CT molecular complexity index is 300. The molecule has 0 spiro atoms. The van der Waals surface area contributed by atoms with Crippen molar-refractivity contribution in [2.75, 3.05) is 7.05 Å². The zero-order valence-corrected chi connectivity index (χ0v) is 9.71. The van der Waals surface area contributed by atoms with Gasteiger partial charge in [0.1, 0.15) is 0 Å². The highest BCUT2D eigenvalue weighted by Crippen LogP contribution is 2.25. The van der Waals surface area contributed by atoms with E-state index in [9.17, 15) is 0 Å². The zero-order chi connectivity index (χ0) is 10.6. The third-order valence-electron chi connectivity index (χ3n) is 2.59. The summed E-state index contributed by atoms with van der Waals surface area (Å²) in [5.74, 6) is 0. The first-order valence-corrected chi connectivity index (χ1v) is 5.73. The summed E-state index contributed by atoms with van der Waals surface area (Å²) >= 11 is 1.75. The topological polar surface area (TPSA) is 27.0 Å². The van der Waals surface area contributed by atoms with Crippen LogP contribution in [0.3, 0.4) is 0 Å². The van der Waals surface area contributed by atoms with Gasteiger partial charge in [0.2, 0.25) is 0 Å². The van der Waals surface area contributed by atoms with Crippen molar-refractivity contribution in [3.63, 3.8) is 0 Å². The fourth-order valence-corrected chi connectivity index (χ4v) is 2.30. The lowest BCUT2D eigenvalue weighted by Crippen LogP contribution is -2.31. The first-order chi connectivity index (χ1) is 6.70. The third-order valence-corrected chi connectivity index (χ3v) is 3.64. The normalized spacial score (nSPS) is 15.1. The highest BCUT2D eigenvalue weighted by molar-refractivity contribution is 7.10. The fourth-order valence-electron chi connectivity index (χ4n) is 1.47. The van der Waals surface area contributed by atoms with Gasteiger partial charge in [-0.2, -0.15) is 5.26 Å². The highest BCUT2D eigenvalue weighted by Gasteiger charge is 2.19. The fraction of sp³-hybridized carbons (Fsp3) is 0.545. The van der Waals surface area contributed by atoms with Crippen LogP contribution in [0.5, 0.6) is 0 Å². The lowest BCUT2D eigenvalue weighted by atomic mass is 10.1. The minimum absolute atomic E-state index is 0.0205. The molecule has 0 aromatic carbocycles. The van der Waals surface area contributed by atoms with Crippen molar-refractivity contribution < 1.29 is 0 Å². The summed E-state index contributed by atoms with van der Waals surface area (Å²) in [5.41, 5.74) is 0. The molecule has 0 radical (unpaired) electrons. The van der Waals surface area contributed by atoms with Crippen LogP contribution in [-0.4, -0.2) is 18.0 Å². The van der Waals surface area contributed by atoms with Gasteiger partial charge in [-0.1, -0.05) is 13.0 Å². The molecule has 2 nitrogen and oxygen atoms in total. The Hall–Kier alpha value is -0.850. The van der Waals surface area contributed by atoms with Crippen LogP contribution < -0.4 is 0 Å². The summed E-state index contributed by atoms with van der Waals surface area (Å²) in [4.78, 5) is 3.45. The van der Waals surface area contributed by atoms with Gasteiger partial charge < -0.3 is 0 Å². The smallest absolute Gasteiger partial charge is 0.0977 e. The van der Waals surface area contributed by atoms with E-state index in [1.165, 1.54) is 4.88 Å². The van der Waals surface area contributed by atoms with Crippen molar-refractivity contribution in [2.45, 2.75) is 32.4 Å². The van der Waals surface area contributed by atoms with Crippen LogP contribution in [0.2, 0.25) is 0 Å². The van der Waals surface area contributed by atoms with Crippen LogP contribution in [0.25, 0.3) is 0 Å². The second kappa shape index (κ2) is 5.14. The molecule has 1 rings (SSSR count). The van der Waals surface area contributed by atoms with E-state index < -0.39 is 0 Å². The number of nitriles is 1. The molecule has 1 heterocycles. The van der Waals surface area contributed by atoms with Crippen LogP contribution in [0.1, 0.15) is 31.2 Å². The minimum Gasteiger partial charge on any atom is -0.284 e. The molecular formula is C11H16N2S. The number of hydrogen-bond donors (Lipinski definition) is 0. The van der Waals surface area contributed by atoms with E-state index in [1.807, 2.05) is 14.0 Å². The van der Waals surface area contributed by atoms with Crippen LogP contribution in [-0.2, 0) is 0 Å². The third kappa shape index (κ3) is 2.34. The van der Waals surface area contributed by atoms with Gasteiger partial charge in [0, 0.05) is 10.9 Å². The summed E-state index contributed by atoms with van der Waals surface area (Å²) in [7, 11) is 2.02. The maximum Gasteiger partial charge on any atom is 0.0977 e. The summed E-state index contributed by atoms with van der Waals surface area (Å²) in [6.45, 7) is 4.19. The Kier molecular flexibility index (Phi) is 4.12. The van der Waals surface area contributed by atoms with Gasteiger partial charge in [-0.25, -0.2) is 0 Å². The molecule has 0 saturated heterocycles. The number of nitrogens with zero attached hydrogens (tertiary/aromatic N) is 2. The van der Waals surface area contributed by atoms with Crippen molar-refractivity contribution in [3.05, 3.63) is 22.4 Å². The molecule has 0 aliphatic rings. The van der Waals surface area contributed by atoms with E-state index in [1.54, 1.807) is 11.3 Å². The quantitative estimate of drug-likeness (QED) is 0.760. The van der Waals surface area contributed by atoms with E-state index in [0.29, 0.717) is 6.04 Å². The molecule has 2 atom stereocenters. The van der Waals surface area contributed by atoms with Crippen molar-refractivity contribution in [3.8, 4) is 6.07 Å². The van der Waals surface area contributed by atoms with Crippen LogP contribution >= 0.6 is 11.3 Å². The summed E-state index contributed by atoms with van der Waals surface area (Å²) in [6.07, 6.45) is 0.878. The van der Waals surface area contributed by atoms with E-state index >= 15 is 0 Å².